The van der Waals surface area contributed by atoms with E-state index in [1.165, 1.54) is 24.8 Å². The van der Waals surface area contributed by atoms with E-state index >= 15 is 0 Å². The Balaban J connectivity index is 2.31. The zero-order chi connectivity index (χ0) is 23.7. The molecule has 0 saturated heterocycles. The number of esters is 1. The molecule has 2 rings (SSSR count). The molecule has 0 aromatic carbocycles. The van der Waals surface area contributed by atoms with Gasteiger partial charge in [0.05, 0.1) is 17.8 Å². The van der Waals surface area contributed by atoms with Gasteiger partial charge in [0.25, 0.3) is 5.91 Å². The van der Waals surface area contributed by atoms with Crippen molar-refractivity contribution in [1.29, 1.82) is 0 Å². The summed E-state index contributed by atoms with van der Waals surface area (Å²) in [5.74, 6) is -1.80. The fraction of sp³-hybridized carbons (Fsp3) is 0.588. The van der Waals surface area contributed by atoms with Gasteiger partial charge in [-0.1, -0.05) is 0 Å². The number of ether oxygens (including phenoxy) is 1. The molecular formula is C17H25N3O8S3. The van der Waals surface area contributed by atoms with Crippen molar-refractivity contribution in [2.75, 3.05) is 13.1 Å². The summed E-state index contributed by atoms with van der Waals surface area (Å²) in [7, 11) is -7.90. The van der Waals surface area contributed by atoms with Crippen LogP contribution in [0, 0.1) is 0 Å². The molecule has 14 heteroatoms. The van der Waals surface area contributed by atoms with Crippen molar-refractivity contribution in [3.63, 3.8) is 0 Å². The van der Waals surface area contributed by atoms with E-state index in [9.17, 15) is 31.2 Å². The lowest BCUT2D eigenvalue weighted by Gasteiger charge is -2.36. The first-order valence-corrected chi connectivity index (χ1v) is 13.3. The summed E-state index contributed by atoms with van der Waals surface area (Å²) in [6.45, 7) is 5.46. The second-order valence-corrected chi connectivity index (χ2v) is 12.5. The molecular weight excluding hydrogens is 470 g/mol. The van der Waals surface area contributed by atoms with Crippen LogP contribution in [0.1, 0.15) is 45.7 Å². The highest BCUT2D eigenvalue weighted by Gasteiger charge is 2.42. The summed E-state index contributed by atoms with van der Waals surface area (Å²) in [5.41, 5.74) is 0.196. The number of primary sulfonamides is 1. The molecule has 1 aliphatic heterocycles. The number of sulfone groups is 1. The number of hydrogen-bond donors (Lipinski definition) is 2. The van der Waals surface area contributed by atoms with Crippen LogP contribution in [-0.2, 0) is 39.0 Å². The van der Waals surface area contributed by atoms with E-state index in [1.54, 1.807) is 6.92 Å². The van der Waals surface area contributed by atoms with E-state index in [4.69, 9.17) is 9.88 Å². The molecule has 0 radical (unpaired) electrons. The maximum absolute atomic E-state index is 12.8. The quantitative estimate of drug-likeness (QED) is 0.495. The van der Waals surface area contributed by atoms with Crippen LogP contribution in [0.15, 0.2) is 14.5 Å². The van der Waals surface area contributed by atoms with Gasteiger partial charge in [0, 0.05) is 19.0 Å². The third-order valence-corrected chi connectivity index (χ3v) is 10.2. The number of hydrogen-bond acceptors (Lipinski definition) is 9. The Morgan fingerprint density at radius 1 is 1.39 bits per heavy atom. The summed E-state index contributed by atoms with van der Waals surface area (Å²) < 4.78 is 53.3. The van der Waals surface area contributed by atoms with Gasteiger partial charge >= 0.3 is 5.97 Å². The Bertz CT molecular complexity index is 1090. The maximum atomic E-state index is 12.8. The Hall–Kier alpha value is -2.03. The summed E-state index contributed by atoms with van der Waals surface area (Å²) >= 11 is 0.567. The first kappa shape index (κ1) is 25.2. The SMILES string of the molecule is CCN(C(=O)CNC(=O)[C@H](C)OC(C)=O)[C@H]1C[C@H](C)S(=O)(=O)c2sc(S(N)(=O)=O)cc21. The number of likely N-dealkylation sites (N-methyl/N-ethyl adjacent to an activating group) is 1. The number of nitrogens with zero attached hydrogens (tertiary/aromatic N) is 1. The van der Waals surface area contributed by atoms with E-state index in [2.05, 4.69) is 5.32 Å². The zero-order valence-corrected chi connectivity index (χ0v) is 19.9. The van der Waals surface area contributed by atoms with Crippen LogP contribution < -0.4 is 10.5 Å². The van der Waals surface area contributed by atoms with Crippen molar-refractivity contribution in [2.24, 2.45) is 5.14 Å². The molecule has 3 atom stereocenters. The highest BCUT2D eigenvalue weighted by Crippen LogP contribution is 2.44. The second-order valence-electron chi connectivity index (χ2n) is 7.11. The normalized spacial score (nSPS) is 20.9. The molecule has 11 nitrogen and oxygen atoms in total. The fourth-order valence-corrected chi connectivity index (χ4v) is 7.68. The van der Waals surface area contributed by atoms with E-state index in [1.807, 2.05) is 0 Å². The standard InChI is InChI=1S/C17H25N3O8S3/c1-5-20(14(22)8-19-16(23)10(3)28-11(4)21)13-6-9(2)30(24,25)17-12(13)7-15(29-17)31(18,26)27/h7,9-10,13H,5-6,8H2,1-4H3,(H,19,23)(H2,18,26,27)/t9-,10-,13-/m0/s1. The predicted octanol–water partition coefficient (Wildman–Crippen LogP) is -0.0812. The monoisotopic (exact) mass is 495 g/mol. The van der Waals surface area contributed by atoms with Crippen LogP contribution in [0.25, 0.3) is 0 Å². The molecule has 2 amide bonds. The largest absolute Gasteiger partial charge is 0.453 e. The van der Waals surface area contributed by atoms with Crippen LogP contribution >= 0.6 is 11.3 Å². The van der Waals surface area contributed by atoms with Gasteiger partial charge in [-0.2, -0.15) is 0 Å². The first-order chi connectivity index (χ1) is 14.2. The molecule has 1 aliphatic rings. The third-order valence-electron chi connectivity index (χ3n) is 4.85. The smallest absolute Gasteiger partial charge is 0.303 e. The molecule has 0 aliphatic carbocycles. The fourth-order valence-electron chi connectivity index (χ4n) is 3.29. The first-order valence-electron chi connectivity index (χ1n) is 9.34. The van der Waals surface area contributed by atoms with Gasteiger partial charge in [-0.05, 0) is 33.3 Å². The average Bonchev–Trinajstić information content (AvgIpc) is 3.11. The highest BCUT2D eigenvalue weighted by molar-refractivity contribution is 7.95. The molecule has 1 aromatic heterocycles. The molecule has 31 heavy (non-hydrogen) atoms. The van der Waals surface area contributed by atoms with Crippen molar-refractivity contribution in [1.82, 2.24) is 10.2 Å². The van der Waals surface area contributed by atoms with Crippen LogP contribution in [0.5, 0.6) is 0 Å². The lowest BCUT2D eigenvalue weighted by Crippen LogP contribution is -2.46. The van der Waals surface area contributed by atoms with Gasteiger partial charge in [0.1, 0.15) is 8.42 Å². The van der Waals surface area contributed by atoms with Crippen molar-refractivity contribution >= 4 is 49.0 Å². The molecule has 1 aromatic rings. The molecule has 0 spiro atoms. The van der Waals surface area contributed by atoms with Gasteiger partial charge in [-0.3, -0.25) is 14.4 Å². The van der Waals surface area contributed by atoms with Crippen molar-refractivity contribution in [3.05, 3.63) is 11.6 Å². The average molecular weight is 496 g/mol. The van der Waals surface area contributed by atoms with E-state index < -0.39 is 61.6 Å². The molecule has 3 N–H and O–H groups in total. The predicted molar refractivity (Wildman–Crippen MR) is 111 cm³/mol. The van der Waals surface area contributed by atoms with Crippen LogP contribution in [0.4, 0.5) is 0 Å². The minimum atomic E-state index is -4.13. The van der Waals surface area contributed by atoms with Gasteiger partial charge in [-0.15, -0.1) is 11.3 Å². The molecule has 0 bridgehead atoms. The van der Waals surface area contributed by atoms with Crippen molar-refractivity contribution in [3.8, 4) is 0 Å². The minimum Gasteiger partial charge on any atom is -0.453 e. The highest BCUT2D eigenvalue weighted by atomic mass is 32.3. The summed E-state index contributed by atoms with van der Waals surface area (Å²) in [4.78, 5) is 37.1. The van der Waals surface area contributed by atoms with Gasteiger partial charge in [0.2, 0.25) is 15.9 Å². The Morgan fingerprint density at radius 2 is 2.00 bits per heavy atom. The summed E-state index contributed by atoms with van der Waals surface area (Å²) in [6, 6.07) is 0.487. The van der Waals surface area contributed by atoms with Crippen molar-refractivity contribution in [2.45, 2.75) is 59.9 Å². The third kappa shape index (κ3) is 5.42. The maximum Gasteiger partial charge on any atom is 0.303 e. The van der Waals surface area contributed by atoms with Crippen molar-refractivity contribution < 1.29 is 36.0 Å². The number of amides is 2. The number of carbonyl (C=O) groups excluding carboxylic acids is 3. The molecule has 2 heterocycles. The molecule has 0 unspecified atom stereocenters. The number of thiophene rings is 1. The molecule has 0 saturated carbocycles. The summed E-state index contributed by atoms with van der Waals surface area (Å²) in [5, 5.41) is 6.71. The lowest BCUT2D eigenvalue weighted by atomic mass is 10.0. The van der Waals surface area contributed by atoms with E-state index in [0.29, 0.717) is 11.3 Å². The number of fused-ring (bicyclic) bond motifs is 1. The minimum absolute atomic E-state index is 0.0630. The van der Waals surface area contributed by atoms with Crippen LogP contribution in [0.2, 0.25) is 0 Å². The lowest BCUT2D eigenvalue weighted by molar-refractivity contribution is -0.153. The number of sulfonamides is 1. The summed E-state index contributed by atoms with van der Waals surface area (Å²) in [6.07, 6.45) is -1.02. The molecule has 0 fully saturated rings. The Kier molecular flexibility index (Phi) is 7.51. The Morgan fingerprint density at radius 3 is 2.52 bits per heavy atom. The molecule has 174 valence electrons. The van der Waals surface area contributed by atoms with Gasteiger partial charge < -0.3 is 15.0 Å². The van der Waals surface area contributed by atoms with Gasteiger partial charge in [0.15, 0.2) is 15.9 Å². The van der Waals surface area contributed by atoms with Crippen LogP contribution in [0.3, 0.4) is 0 Å². The number of rotatable bonds is 7. The topological polar surface area (TPSA) is 170 Å². The van der Waals surface area contributed by atoms with E-state index in [-0.39, 0.29) is 26.9 Å². The van der Waals surface area contributed by atoms with Gasteiger partial charge in [-0.25, -0.2) is 22.0 Å². The number of nitrogens with one attached hydrogen (secondary N) is 1. The van der Waals surface area contributed by atoms with E-state index in [0.717, 1.165) is 6.92 Å². The van der Waals surface area contributed by atoms with Crippen LogP contribution in [-0.4, -0.2) is 64.0 Å². The number of nitrogens with two attached hydrogens (primary N) is 1. The second kappa shape index (κ2) is 9.22. The number of carbonyl (C=O) groups is 3. The zero-order valence-electron chi connectivity index (χ0n) is 17.4. The Labute approximate surface area is 184 Å².